The Morgan fingerprint density at radius 1 is 1.45 bits per heavy atom. The minimum atomic E-state index is -0.854. The molecule has 0 aromatic heterocycles. The highest BCUT2D eigenvalue weighted by molar-refractivity contribution is 5.92. The predicted molar refractivity (Wildman–Crippen MR) is 72.2 cm³/mol. The molecule has 0 bridgehead atoms. The van der Waals surface area contributed by atoms with Gasteiger partial charge in [0.1, 0.15) is 0 Å². The summed E-state index contributed by atoms with van der Waals surface area (Å²) in [5.74, 6) is -1.30. The molecule has 1 heterocycles. The first kappa shape index (κ1) is 14.5. The van der Waals surface area contributed by atoms with E-state index in [0.717, 1.165) is 12.1 Å². The van der Waals surface area contributed by atoms with Gasteiger partial charge in [-0.2, -0.15) is 0 Å². The van der Waals surface area contributed by atoms with Crippen molar-refractivity contribution in [3.8, 4) is 0 Å². The zero-order chi connectivity index (χ0) is 14.5. The number of amides is 1. The Labute approximate surface area is 117 Å². The van der Waals surface area contributed by atoms with E-state index in [4.69, 9.17) is 15.6 Å². The van der Waals surface area contributed by atoms with Gasteiger partial charge < -0.3 is 15.6 Å². The smallest absolute Gasteiger partial charge is 0.306 e. The number of ether oxygens (including phenoxy) is 1. The number of carboxylic acid groups (broad SMARTS) is 1. The number of morpholine rings is 1. The summed E-state index contributed by atoms with van der Waals surface area (Å²) in [4.78, 5) is 24.0. The van der Waals surface area contributed by atoms with Crippen LogP contribution in [0.1, 0.15) is 22.3 Å². The molecule has 6 nitrogen and oxygen atoms in total. The van der Waals surface area contributed by atoms with E-state index in [1.807, 2.05) is 6.07 Å². The normalized spacial score (nSPS) is 19.7. The molecule has 0 saturated carbocycles. The van der Waals surface area contributed by atoms with Gasteiger partial charge in [0.05, 0.1) is 19.1 Å². The number of nitrogens with zero attached hydrogens (tertiary/aromatic N) is 1. The van der Waals surface area contributed by atoms with Crippen molar-refractivity contribution in [2.75, 3.05) is 19.7 Å². The monoisotopic (exact) mass is 278 g/mol. The summed E-state index contributed by atoms with van der Waals surface area (Å²) in [5, 5.41) is 8.79. The molecule has 0 spiro atoms. The molecule has 108 valence electrons. The Balaban J connectivity index is 1.97. The van der Waals surface area contributed by atoms with E-state index in [9.17, 15) is 9.59 Å². The van der Waals surface area contributed by atoms with Crippen LogP contribution in [0.5, 0.6) is 0 Å². The van der Waals surface area contributed by atoms with Gasteiger partial charge in [-0.3, -0.25) is 14.5 Å². The van der Waals surface area contributed by atoms with Crippen molar-refractivity contribution in [3.63, 3.8) is 0 Å². The number of carbonyl (C=O) groups is 2. The molecule has 1 aromatic carbocycles. The Hall–Kier alpha value is -1.92. The minimum absolute atomic E-state index is 0.0117. The largest absolute Gasteiger partial charge is 0.481 e. The average Bonchev–Trinajstić information content (AvgIpc) is 2.38. The van der Waals surface area contributed by atoms with Gasteiger partial charge in [-0.05, 0) is 17.7 Å². The van der Waals surface area contributed by atoms with Gasteiger partial charge in [-0.15, -0.1) is 0 Å². The first-order valence-corrected chi connectivity index (χ1v) is 6.49. The standard InChI is InChI=1S/C14H18N2O4/c15-14(19)11-3-1-2-10(6-11)8-16-4-5-20-12(9-16)7-13(17)18/h1-3,6,12H,4-5,7-9H2,(H2,15,19)(H,17,18). The summed E-state index contributed by atoms with van der Waals surface area (Å²) in [5.41, 5.74) is 6.72. The van der Waals surface area contributed by atoms with Crippen molar-refractivity contribution in [1.29, 1.82) is 0 Å². The first-order valence-electron chi connectivity index (χ1n) is 6.49. The fourth-order valence-electron chi connectivity index (χ4n) is 2.32. The van der Waals surface area contributed by atoms with Crippen molar-refractivity contribution >= 4 is 11.9 Å². The Morgan fingerprint density at radius 3 is 2.95 bits per heavy atom. The summed E-state index contributed by atoms with van der Waals surface area (Å²) >= 11 is 0. The van der Waals surface area contributed by atoms with Crippen molar-refractivity contribution in [2.45, 2.75) is 19.1 Å². The zero-order valence-electron chi connectivity index (χ0n) is 11.1. The van der Waals surface area contributed by atoms with Crippen LogP contribution in [0.3, 0.4) is 0 Å². The van der Waals surface area contributed by atoms with Crippen LogP contribution in [0.2, 0.25) is 0 Å². The lowest BCUT2D eigenvalue weighted by atomic mass is 10.1. The third-order valence-electron chi connectivity index (χ3n) is 3.24. The van der Waals surface area contributed by atoms with Crippen LogP contribution in [-0.2, 0) is 16.1 Å². The molecule has 1 aliphatic heterocycles. The number of hydrogen-bond acceptors (Lipinski definition) is 4. The van der Waals surface area contributed by atoms with E-state index in [2.05, 4.69) is 4.90 Å². The van der Waals surface area contributed by atoms with Crippen LogP contribution in [0.4, 0.5) is 0 Å². The van der Waals surface area contributed by atoms with Gasteiger partial charge >= 0.3 is 5.97 Å². The second-order valence-electron chi connectivity index (χ2n) is 4.89. The van der Waals surface area contributed by atoms with Crippen molar-refractivity contribution < 1.29 is 19.4 Å². The number of rotatable bonds is 5. The van der Waals surface area contributed by atoms with Gasteiger partial charge in [-0.25, -0.2) is 0 Å². The third kappa shape index (κ3) is 4.04. The van der Waals surface area contributed by atoms with E-state index in [1.165, 1.54) is 0 Å². The highest BCUT2D eigenvalue weighted by Gasteiger charge is 2.22. The van der Waals surface area contributed by atoms with Gasteiger partial charge in [0, 0.05) is 25.2 Å². The van der Waals surface area contributed by atoms with Crippen LogP contribution < -0.4 is 5.73 Å². The number of aliphatic carboxylic acids is 1. The Morgan fingerprint density at radius 2 is 2.25 bits per heavy atom. The maximum Gasteiger partial charge on any atom is 0.306 e. The van der Waals surface area contributed by atoms with Crippen LogP contribution in [-0.4, -0.2) is 47.7 Å². The number of hydrogen-bond donors (Lipinski definition) is 2. The summed E-state index contributed by atoms with van der Waals surface area (Å²) in [6.45, 7) is 2.50. The van der Waals surface area contributed by atoms with E-state index < -0.39 is 11.9 Å². The number of carbonyl (C=O) groups excluding carboxylic acids is 1. The fourth-order valence-corrected chi connectivity index (χ4v) is 2.32. The number of carboxylic acids is 1. The van der Waals surface area contributed by atoms with Crippen molar-refractivity contribution in [1.82, 2.24) is 4.90 Å². The van der Waals surface area contributed by atoms with Crippen LogP contribution in [0.15, 0.2) is 24.3 Å². The fraction of sp³-hybridized carbons (Fsp3) is 0.429. The molecule has 1 unspecified atom stereocenters. The van der Waals surface area contributed by atoms with E-state index >= 15 is 0 Å². The van der Waals surface area contributed by atoms with Crippen molar-refractivity contribution in [3.05, 3.63) is 35.4 Å². The molecule has 0 aliphatic carbocycles. The molecule has 1 fully saturated rings. The van der Waals surface area contributed by atoms with Crippen LogP contribution in [0, 0.1) is 0 Å². The molecule has 1 saturated heterocycles. The molecule has 6 heteroatoms. The van der Waals surface area contributed by atoms with Gasteiger partial charge in [0.15, 0.2) is 0 Å². The molecule has 3 N–H and O–H groups in total. The van der Waals surface area contributed by atoms with Crippen LogP contribution in [0.25, 0.3) is 0 Å². The maximum atomic E-state index is 11.1. The second-order valence-corrected chi connectivity index (χ2v) is 4.89. The van der Waals surface area contributed by atoms with Crippen LogP contribution >= 0.6 is 0 Å². The molecule has 20 heavy (non-hydrogen) atoms. The zero-order valence-corrected chi connectivity index (χ0v) is 11.1. The van der Waals surface area contributed by atoms with E-state index in [1.54, 1.807) is 18.2 Å². The topological polar surface area (TPSA) is 92.9 Å². The third-order valence-corrected chi connectivity index (χ3v) is 3.24. The van der Waals surface area contributed by atoms with E-state index in [0.29, 0.717) is 25.3 Å². The average molecular weight is 278 g/mol. The van der Waals surface area contributed by atoms with Gasteiger partial charge in [0.2, 0.25) is 5.91 Å². The SMILES string of the molecule is NC(=O)c1cccc(CN2CCOC(CC(=O)O)C2)c1. The molecule has 2 rings (SSSR count). The van der Waals surface area contributed by atoms with E-state index in [-0.39, 0.29) is 12.5 Å². The maximum absolute atomic E-state index is 11.1. The van der Waals surface area contributed by atoms with Gasteiger partial charge in [-0.1, -0.05) is 12.1 Å². The summed E-state index contributed by atoms with van der Waals surface area (Å²) in [7, 11) is 0. The molecule has 1 amide bonds. The first-order chi connectivity index (χ1) is 9.54. The summed E-state index contributed by atoms with van der Waals surface area (Å²) in [6.07, 6.45) is -0.266. The molecular formula is C14H18N2O4. The summed E-state index contributed by atoms with van der Waals surface area (Å²) < 4.78 is 5.42. The lowest BCUT2D eigenvalue weighted by Crippen LogP contribution is -2.42. The van der Waals surface area contributed by atoms with Gasteiger partial charge in [0.25, 0.3) is 0 Å². The molecule has 1 aliphatic rings. The minimum Gasteiger partial charge on any atom is -0.481 e. The molecular weight excluding hydrogens is 260 g/mol. The quantitative estimate of drug-likeness (QED) is 0.816. The number of nitrogens with two attached hydrogens (primary N) is 1. The highest BCUT2D eigenvalue weighted by Crippen LogP contribution is 2.13. The lowest BCUT2D eigenvalue weighted by molar-refractivity contribution is -0.142. The summed E-state index contributed by atoms with van der Waals surface area (Å²) in [6, 6.07) is 7.17. The molecule has 1 aromatic rings. The number of primary amides is 1. The molecule has 0 radical (unpaired) electrons. The second kappa shape index (κ2) is 6.49. The number of benzene rings is 1. The predicted octanol–water partition coefficient (Wildman–Crippen LogP) is 0.461. The van der Waals surface area contributed by atoms with Crippen molar-refractivity contribution in [2.24, 2.45) is 5.73 Å². The lowest BCUT2D eigenvalue weighted by Gasteiger charge is -2.32. The highest BCUT2D eigenvalue weighted by atomic mass is 16.5. The Kier molecular flexibility index (Phi) is 4.70. The Bertz CT molecular complexity index is 504. The molecule has 1 atom stereocenters.